The molecule has 0 radical (unpaired) electrons. The van der Waals surface area contributed by atoms with Crippen molar-refractivity contribution in [1.29, 1.82) is 0 Å². The maximum absolute atomic E-state index is 12.1. The van der Waals surface area contributed by atoms with Crippen LogP contribution in [0.4, 0.5) is 0 Å². The van der Waals surface area contributed by atoms with Crippen molar-refractivity contribution in [1.82, 2.24) is 0 Å². The van der Waals surface area contributed by atoms with Crippen LogP contribution in [0.5, 0.6) is 0 Å². The lowest BCUT2D eigenvalue weighted by atomic mass is 9.35. The van der Waals surface area contributed by atoms with Crippen LogP contribution in [0.25, 0.3) is 0 Å². The molecule has 4 saturated heterocycles. The molecule has 14 nitrogen and oxygen atoms in total. The molecule has 8 fully saturated rings. The number of allylic oxidation sites excluding steroid dienone is 1. The van der Waals surface area contributed by atoms with Crippen molar-refractivity contribution in [2.75, 3.05) is 19.8 Å². The molecule has 10 unspecified atom stereocenters. The van der Waals surface area contributed by atoms with E-state index in [0.717, 1.165) is 38.5 Å². The fourth-order valence-corrected chi connectivity index (χ4v) is 14.6. The molecule has 4 aliphatic heterocycles. The predicted octanol–water partition coefficient (Wildman–Crippen LogP) is 1.50. The van der Waals surface area contributed by atoms with Gasteiger partial charge in [-0.2, -0.15) is 0 Å². The van der Waals surface area contributed by atoms with E-state index >= 15 is 0 Å². The molecule has 0 aromatic rings. The minimum absolute atomic E-state index is 0.0284. The summed E-state index contributed by atoms with van der Waals surface area (Å²) in [6.45, 7) is 14.9. The highest BCUT2D eigenvalue weighted by molar-refractivity contribution is 5.26. The standard InChI is InChI=1S/C42H68O14/c1-20(2)14-21-15-40(7,50)34-22-8-9-26-38(5)12-11-27(37(3,4)25(38)10-13-39(26,6)41(22)18-42(34,56-21)51-19-41)54-36-32(49)33(29(46)24(17-44)53-36)55-35-31(48)30(47)28(45)23(16-43)52-35/h14,21-36,43-50H,8-13,15-19H2,1-7H3/t21?,22?,23?,24?,25?,26?,27-,28-,29-,30-,31?,32?,33-,34?,35-,36-,38-,39+,40?,41-,42-/m0/s1. The van der Waals surface area contributed by atoms with E-state index in [1.807, 2.05) is 6.92 Å². The molecule has 8 aliphatic rings. The molecule has 0 aromatic heterocycles. The minimum Gasteiger partial charge on any atom is -0.394 e. The fourth-order valence-electron chi connectivity index (χ4n) is 14.6. The Labute approximate surface area is 330 Å². The smallest absolute Gasteiger partial charge is 0.187 e. The van der Waals surface area contributed by atoms with Crippen LogP contribution in [0.1, 0.15) is 99.8 Å². The zero-order valence-electron chi connectivity index (χ0n) is 34.1. The van der Waals surface area contributed by atoms with E-state index < -0.39 is 86.0 Å². The van der Waals surface area contributed by atoms with Gasteiger partial charge < -0.3 is 69.3 Å². The third kappa shape index (κ3) is 5.94. The van der Waals surface area contributed by atoms with Gasteiger partial charge in [-0.1, -0.05) is 39.3 Å². The quantitative estimate of drug-likeness (QED) is 0.135. The van der Waals surface area contributed by atoms with Gasteiger partial charge in [-0.15, -0.1) is 0 Å². The van der Waals surface area contributed by atoms with Crippen LogP contribution < -0.4 is 0 Å². The Kier molecular flexibility index (Phi) is 10.6. The molecule has 21 atom stereocenters. The van der Waals surface area contributed by atoms with Crippen molar-refractivity contribution in [3.05, 3.63) is 11.6 Å². The van der Waals surface area contributed by atoms with Gasteiger partial charge in [-0.25, -0.2) is 0 Å². The van der Waals surface area contributed by atoms with Crippen LogP contribution in [-0.2, 0) is 28.4 Å². The Morgan fingerprint density at radius 3 is 2.07 bits per heavy atom. The van der Waals surface area contributed by atoms with Crippen molar-refractivity contribution >= 4 is 0 Å². The average molecular weight is 797 g/mol. The molecular weight excluding hydrogens is 728 g/mol. The first kappa shape index (κ1) is 41.9. The summed E-state index contributed by atoms with van der Waals surface area (Å²) in [4.78, 5) is 0. The van der Waals surface area contributed by atoms with E-state index in [-0.39, 0.29) is 45.7 Å². The van der Waals surface area contributed by atoms with Gasteiger partial charge in [0, 0.05) is 24.2 Å². The number of aliphatic hydroxyl groups is 8. The molecule has 4 saturated carbocycles. The maximum Gasteiger partial charge on any atom is 0.187 e. The molecular formula is C42H68O14. The van der Waals surface area contributed by atoms with E-state index in [4.69, 9.17) is 28.4 Å². The van der Waals surface area contributed by atoms with Gasteiger partial charge in [0.25, 0.3) is 0 Å². The molecule has 2 spiro atoms. The second-order valence-electron chi connectivity index (χ2n) is 20.6. The lowest BCUT2D eigenvalue weighted by molar-refractivity contribution is -0.370. The van der Waals surface area contributed by atoms with Crippen LogP contribution in [0.15, 0.2) is 11.6 Å². The lowest BCUT2D eigenvalue weighted by Crippen LogP contribution is -2.68. The van der Waals surface area contributed by atoms with Crippen LogP contribution in [-0.4, -0.2) is 146 Å². The van der Waals surface area contributed by atoms with Crippen LogP contribution in [0.3, 0.4) is 0 Å². The Hall–Kier alpha value is -0.820. The number of aliphatic hydroxyl groups excluding tert-OH is 7. The van der Waals surface area contributed by atoms with E-state index in [1.165, 1.54) is 5.57 Å². The molecule has 4 aliphatic carbocycles. The minimum atomic E-state index is -1.75. The largest absolute Gasteiger partial charge is 0.394 e. The van der Waals surface area contributed by atoms with Gasteiger partial charge in [-0.3, -0.25) is 0 Å². The zero-order valence-corrected chi connectivity index (χ0v) is 34.1. The van der Waals surface area contributed by atoms with E-state index in [1.54, 1.807) is 0 Å². The second-order valence-corrected chi connectivity index (χ2v) is 20.6. The van der Waals surface area contributed by atoms with Gasteiger partial charge in [0.2, 0.25) is 0 Å². The summed E-state index contributed by atoms with van der Waals surface area (Å²) < 4.78 is 37.8. The molecule has 0 aromatic carbocycles. The predicted molar refractivity (Wildman–Crippen MR) is 198 cm³/mol. The summed E-state index contributed by atoms with van der Waals surface area (Å²) in [6.07, 6.45) is -6.46. The first-order chi connectivity index (χ1) is 26.2. The molecule has 8 N–H and O–H groups in total. The van der Waals surface area contributed by atoms with E-state index in [0.29, 0.717) is 31.3 Å². The Morgan fingerprint density at radius 1 is 0.750 bits per heavy atom. The van der Waals surface area contributed by atoms with Crippen molar-refractivity contribution in [2.45, 2.75) is 185 Å². The van der Waals surface area contributed by atoms with E-state index in [2.05, 4.69) is 47.6 Å². The fraction of sp³-hybridized carbons (Fsp3) is 0.952. The molecule has 14 heteroatoms. The molecule has 320 valence electrons. The summed E-state index contributed by atoms with van der Waals surface area (Å²) in [7, 11) is 0. The highest BCUT2D eigenvalue weighted by Gasteiger charge is 2.81. The number of ether oxygens (including phenoxy) is 6. The molecule has 0 amide bonds. The molecule has 2 bridgehead atoms. The number of hydrogen-bond acceptors (Lipinski definition) is 14. The van der Waals surface area contributed by atoms with Gasteiger partial charge in [0.1, 0.15) is 48.8 Å². The zero-order chi connectivity index (χ0) is 40.5. The second kappa shape index (κ2) is 14.1. The summed E-state index contributed by atoms with van der Waals surface area (Å²) in [5, 5.41) is 85.9. The Morgan fingerprint density at radius 2 is 1.41 bits per heavy atom. The van der Waals surface area contributed by atoms with Crippen LogP contribution >= 0.6 is 0 Å². The van der Waals surface area contributed by atoms with Crippen molar-refractivity contribution < 1.29 is 69.3 Å². The van der Waals surface area contributed by atoms with Gasteiger partial charge in [-0.05, 0) is 93.3 Å². The third-order valence-corrected chi connectivity index (χ3v) is 17.0. The SMILES string of the molecule is CC(C)=CC1CC(C)(O)C2C3CCC4[C@@]5(C)CC[C@H](O[C@@H]6OC(CO)[C@H](O)[C@H](O[C@@H]7OC(CO)[C@H](O)[C@H](O)C7O)C6O)C(C)(C)C5CC[C@@]4(C)[C@@]34CO[C@@]2(C4)O1. The van der Waals surface area contributed by atoms with Gasteiger partial charge in [0.15, 0.2) is 18.4 Å². The summed E-state index contributed by atoms with van der Waals surface area (Å²) >= 11 is 0. The van der Waals surface area contributed by atoms with Gasteiger partial charge in [0.05, 0.1) is 37.6 Å². The summed E-state index contributed by atoms with van der Waals surface area (Å²) in [6, 6.07) is 0. The monoisotopic (exact) mass is 796 g/mol. The van der Waals surface area contributed by atoms with Crippen molar-refractivity contribution in [2.24, 2.45) is 45.3 Å². The Balaban J connectivity index is 1.01. The highest BCUT2D eigenvalue weighted by Crippen LogP contribution is 2.80. The summed E-state index contributed by atoms with van der Waals surface area (Å²) in [5.74, 6) is 0.123. The molecule has 4 heterocycles. The topological polar surface area (TPSA) is 217 Å². The number of hydrogen-bond donors (Lipinski definition) is 8. The third-order valence-electron chi connectivity index (χ3n) is 17.0. The van der Waals surface area contributed by atoms with Crippen LogP contribution in [0.2, 0.25) is 0 Å². The maximum atomic E-state index is 12.1. The van der Waals surface area contributed by atoms with Gasteiger partial charge >= 0.3 is 0 Å². The van der Waals surface area contributed by atoms with Crippen molar-refractivity contribution in [3.63, 3.8) is 0 Å². The van der Waals surface area contributed by atoms with E-state index in [9.17, 15) is 40.9 Å². The lowest BCUT2D eigenvalue weighted by Gasteiger charge is -2.70. The number of rotatable bonds is 7. The average Bonchev–Trinajstić information content (AvgIpc) is 3.64. The normalized spacial score (nSPS) is 57.4. The van der Waals surface area contributed by atoms with Crippen LogP contribution in [0, 0.1) is 45.3 Å². The number of fused-ring (bicyclic) bond motifs is 4. The van der Waals surface area contributed by atoms with Crippen molar-refractivity contribution in [3.8, 4) is 0 Å². The molecule has 8 rings (SSSR count). The summed E-state index contributed by atoms with van der Waals surface area (Å²) in [5.41, 5.74) is -0.269. The first-order valence-electron chi connectivity index (χ1n) is 21.1. The molecule has 56 heavy (non-hydrogen) atoms. The Bertz CT molecular complexity index is 1500. The first-order valence-corrected chi connectivity index (χ1v) is 21.1. The highest BCUT2D eigenvalue weighted by atomic mass is 16.7.